The summed E-state index contributed by atoms with van der Waals surface area (Å²) in [4.78, 5) is 23.8. The highest BCUT2D eigenvalue weighted by Crippen LogP contribution is 2.65. The fraction of sp³-hybridized carbons (Fsp3) is 0.905. The van der Waals surface area contributed by atoms with Gasteiger partial charge in [0.15, 0.2) is 0 Å². The summed E-state index contributed by atoms with van der Waals surface area (Å²) in [6, 6.07) is 0. The Balaban J connectivity index is 1.58. The van der Waals surface area contributed by atoms with E-state index in [9.17, 15) is 14.7 Å². The van der Waals surface area contributed by atoms with Crippen molar-refractivity contribution in [2.24, 2.45) is 34.5 Å². The molecule has 4 rings (SSSR count). The van der Waals surface area contributed by atoms with Crippen LogP contribution in [0.3, 0.4) is 0 Å². The SMILES string of the molecule is CC(=O)OC1CC[C@@]2(CO)C(CC[C@@H]3[C@H]2CC[C@]2(C)C(=O)CC[C@@H]32)C1. The van der Waals surface area contributed by atoms with Gasteiger partial charge in [0.25, 0.3) is 0 Å². The Hall–Kier alpha value is -0.900. The highest BCUT2D eigenvalue weighted by molar-refractivity contribution is 5.87. The van der Waals surface area contributed by atoms with Gasteiger partial charge < -0.3 is 9.84 Å². The molecule has 4 saturated carbocycles. The molecule has 4 aliphatic carbocycles. The fourth-order valence-corrected chi connectivity index (χ4v) is 7.43. The van der Waals surface area contributed by atoms with E-state index in [-0.39, 0.29) is 29.5 Å². The van der Waals surface area contributed by atoms with Gasteiger partial charge in [0.05, 0.1) is 0 Å². The van der Waals surface area contributed by atoms with E-state index < -0.39 is 0 Å². The molecule has 0 radical (unpaired) electrons. The monoisotopic (exact) mass is 348 g/mol. The van der Waals surface area contributed by atoms with Crippen molar-refractivity contribution in [3.63, 3.8) is 0 Å². The first kappa shape index (κ1) is 17.5. The minimum atomic E-state index is -0.187. The van der Waals surface area contributed by atoms with Crippen LogP contribution in [0.5, 0.6) is 0 Å². The second kappa shape index (κ2) is 6.07. The Morgan fingerprint density at radius 3 is 2.68 bits per heavy atom. The second-order valence-corrected chi connectivity index (χ2v) is 9.47. The number of carbonyl (C=O) groups excluding carboxylic acids is 2. The number of Topliss-reactive ketones (excluding diaryl/α,β-unsaturated/α-hetero) is 1. The van der Waals surface area contributed by atoms with Crippen LogP contribution in [0, 0.1) is 34.5 Å². The summed E-state index contributed by atoms with van der Waals surface area (Å²) in [5.41, 5.74) is -0.105. The summed E-state index contributed by atoms with van der Waals surface area (Å²) in [6.07, 6.45) is 8.96. The molecule has 0 aromatic carbocycles. The normalized spacial score (nSPS) is 49.1. The zero-order valence-corrected chi connectivity index (χ0v) is 15.6. The van der Waals surface area contributed by atoms with Crippen LogP contribution in [0.4, 0.5) is 0 Å². The second-order valence-electron chi connectivity index (χ2n) is 9.47. The summed E-state index contributed by atoms with van der Waals surface area (Å²) < 4.78 is 5.50. The zero-order valence-electron chi connectivity index (χ0n) is 15.6. The molecule has 0 heterocycles. The molecule has 4 aliphatic rings. The zero-order chi connectivity index (χ0) is 17.8. The molecule has 4 fully saturated rings. The van der Waals surface area contributed by atoms with Crippen LogP contribution in [0.25, 0.3) is 0 Å². The third kappa shape index (κ3) is 2.50. The third-order valence-electron chi connectivity index (χ3n) is 8.65. The number of ether oxygens (including phenoxy) is 1. The van der Waals surface area contributed by atoms with E-state index >= 15 is 0 Å². The first-order chi connectivity index (χ1) is 11.9. The number of ketones is 1. The summed E-state index contributed by atoms with van der Waals surface area (Å²) in [7, 11) is 0. The number of carbonyl (C=O) groups is 2. The maximum atomic E-state index is 12.5. The van der Waals surface area contributed by atoms with Gasteiger partial charge in [0, 0.05) is 25.4 Å². The largest absolute Gasteiger partial charge is 0.463 e. The van der Waals surface area contributed by atoms with Gasteiger partial charge in [-0.15, -0.1) is 0 Å². The molecular weight excluding hydrogens is 316 g/mol. The summed E-state index contributed by atoms with van der Waals surface area (Å²) in [6.45, 7) is 3.95. The maximum absolute atomic E-state index is 12.5. The topological polar surface area (TPSA) is 63.6 Å². The lowest BCUT2D eigenvalue weighted by molar-refractivity contribution is -0.169. The molecule has 0 spiro atoms. The fourth-order valence-electron chi connectivity index (χ4n) is 7.43. The molecule has 0 bridgehead atoms. The first-order valence-corrected chi connectivity index (χ1v) is 10.2. The molecule has 140 valence electrons. The van der Waals surface area contributed by atoms with Crippen LogP contribution in [0.1, 0.15) is 71.6 Å². The van der Waals surface area contributed by atoms with Crippen molar-refractivity contribution in [2.75, 3.05) is 6.61 Å². The Morgan fingerprint density at radius 2 is 1.96 bits per heavy atom. The predicted octanol–water partition coefficient (Wildman–Crippen LogP) is 3.50. The standard InChI is InChI=1S/C21H32O4/c1-13(23)25-15-7-10-21(12-22)14(11-15)3-4-16-17-5-6-19(24)20(17,2)9-8-18(16)21/h14-18,22H,3-12H2,1-2H3/t14?,15?,16-,17-,18+,20-,21+/m0/s1. The average Bonchev–Trinajstić information content (AvgIpc) is 2.89. The molecule has 7 atom stereocenters. The molecule has 2 unspecified atom stereocenters. The predicted molar refractivity (Wildman–Crippen MR) is 93.7 cm³/mol. The smallest absolute Gasteiger partial charge is 0.302 e. The molecule has 4 heteroatoms. The van der Waals surface area contributed by atoms with Crippen LogP contribution < -0.4 is 0 Å². The van der Waals surface area contributed by atoms with Crippen molar-refractivity contribution >= 4 is 11.8 Å². The summed E-state index contributed by atoms with van der Waals surface area (Å²) >= 11 is 0. The van der Waals surface area contributed by atoms with E-state index in [1.54, 1.807) is 0 Å². The maximum Gasteiger partial charge on any atom is 0.302 e. The lowest BCUT2D eigenvalue weighted by Gasteiger charge is -2.60. The lowest BCUT2D eigenvalue weighted by Crippen LogP contribution is -2.56. The Labute approximate surface area is 150 Å². The van der Waals surface area contributed by atoms with E-state index in [0.717, 1.165) is 51.4 Å². The van der Waals surface area contributed by atoms with Gasteiger partial charge in [-0.2, -0.15) is 0 Å². The molecule has 0 aromatic heterocycles. The van der Waals surface area contributed by atoms with Crippen molar-refractivity contribution < 1.29 is 19.4 Å². The Bertz CT molecular complexity index is 572. The molecule has 0 aromatic rings. The summed E-state index contributed by atoms with van der Waals surface area (Å²) in [5, 5.41) is 10.5. The van der Waals surface area contributed by atoms with Crippen LogP contribution in [-0.2, 0) is 14.3 Å². The number of aliphatic hydroxyl groups is 1. The van der Waals surface area contributed by atoms with Gasteiger partial charge in [0.2, 0.25) is 0 Å². The number of hydrogen-bond donors (Lipinski definition) is 1. The first-order valence-electron chi connectivity index (χ1n) is 10.2. The van der Waals surface area contributed by atoms with E-state index in [1.165, 1.54) is 13.3 Å². The third-order valence-corrected chi connectivity index (χ3v) is 8.65. The Morgan fingerprint density at radius 1 is 1.16 bits per heavy atom. The highest BCUT2D eigenvalue weighted by Gasteiger charge is 2.61. The summed E-state index contributed by atoms with van der Waals surface area (Å²) in [5.74, 6) is 2.41. The van der Waals surface area contributed by atoms with Crippen LogP contribution in [0.15, 0.2) is 0 Å². The Kier molecular flexibility index (Phi) is 4.25. The van der Waals surface area contributed by atoms with Crippen molar-refractivity contribution in [2.45, 2.75) is 77.7 Å². The molecular formula is C21H32O4. The molecule has 1 N–H and O–H groups in total. The van der Waals surface area contributed by atoms with Gasteiger partial charge in [-0.3, -0.25) is 9.59 Å². The van der Waals surface area contributed by atoms with E-state index in [1.807, 2.05) is 0 Å². The van der Waals surface area contributed by atoms with Crippen LogP contribution >= 0.6 is 0 Å². The van der Waals surface area contributed by atoms with Gasteiger partial charge in [0.1, 0.15) is 11.9 Å². The molecule has 4 nitrogen and oxygen atoms in total. The minimum absolute atomic E-state index is 0.00741. The van der Waals surface area contributed by atoms with Crippen molar-refractivity contribution in [1.82, 2.24) is 0 Å². The number of esters is 1. The van der Waals surface area contributed by atoms with Crippen molar-refractivity contribution in [3.8, 4) is 0 Å². The number of fused-ring (bicyclic) bond motifs is 5. The molecule has 0 amide bonds. The van der Waals surface area contributed by atoms with Crippen LogP contribution in [-0.4, -0.2) is 29.6 Å². The highest BCUT2D eigenvalue weighted by atomic mass is 16.5. The van der Waals surface area contributed by atoms with Crippen molar-refractivity contribution in [3.05, 3.63) is 0 Å². The minimum Gasteiger partial charge on any atom is -0.463 e. The molecule has 0 aliphatic heterocycles. The number of hydrogen-bond acceptors (Lipinski definition) is 4. The van der Waals surface area contributed by atoms with Crippen molar-refractivity contribution in [1.29, 1.82) is 0 Å². The lowest BCUT2D eigenvalue weighted by atomic mass is 9.45. The van der Waals surface area contributed by atoms with E-state index in [4.69, 9.17) is 4.74 Å². The molecule has 0 saturated heterocycles. The van der Waals surface area contributed by atoms with Gasteiger partial charge in [-0.05, 0) is 80.5 Å². The average molecular weight is 348 g/mol. The van der Waals surface area contributed by atoms with E-state index in [0.29, 0.717) is 29.5 Å². The number of aliphatic hydroxyl groups excluding tert-OH is 1. The van der Waals surface area contributed by atoms with E-state index in [2.05, 4.69) is 6.92 Å². The number of rotatable bonds is 2. The van der Waals surface area contributed by atoms with Crippen LogP contribution in [0.2, 0.25) is 0 Å². The van der Waals surface area contributed by atoms with Gasteiger partial charge in [-0.25, -0.2) is 0 Å². The van der Waals surface area contributed by atoms with Gasteiger partial charge in [-0.1, -0.05) is 6.92 Å². The molecule has 25 heavy (non-hydrogen) atoms. The quantitative estimate of drug-likeness (QED) is 0.776. The van der Waals surface area contributed by atoms with Gasteiger partial charge >= 0.3 is 5.97 Å².